The van der Waals surface area contributed by atoms with Crippen LogP contribution in [0.3, 0.4) is 0 Å². The highest BCUT2D eigenvalue weighted by atomic mass is 28.4. The van der Waals surface area contributed by atoms with Gasteiger partial charge in [0.2, 0.25) is 0 Å². The number of nitrogens with zero attached hydrogens (tertiary/aromatic N) is 1. The minimum atomic E-state index is -2.04. The Morgan fingerprint density at radius 2 is 1.60 bits per heavy atom. The quantitative estimate of drug-likeness (QED) is 0.663. The summed E-state index contributed by atoms with van der Waals surface area (Å²) in [5, 5.41) is 9.08. The van der Waals surface area contributed by atoms with Crippen LogP contribution in [0.2, 0.25) is 18.1 Å². The lowest BCUT2D eigenvalue weighted by atomic mass is 10.1. The Kier molecular flexibility index (Phi) is 8.16. The first kappa shape index (κ1) is 23.9. The lowest BCUT2D eigenvalue weighted by molar-refractivity contribution is -0.137. The van der Waals surface area contributed by atoms with Gasteiger partial charge in [-0.3, -0.25) is 4.79 Å². The fraction of sp³-hybridized carbons (Fsp3) is 0.889. The second-order valence-corrected chi connectivity index (χ2v) is 13.9. The van der Waals surface area contributed by atoms with E-state index in [1.807, 2.05) is 6.92 Å². The zero-order valence-electron chi connectivity index (χ0n) is 17.6. The fourth-order valence-electron chi connectivity index (χ4n) is 2.20. The van der Waals surface area contributed by atoms with E-state index in [1.165, 1.54) is 4.90 Å². The van der Waals surface area contributed by atoms with Gasteiger partial charge in [-0.05, 0) is 52.2 Å². The van der Waals surface area contributed by atoms with Crippen molar-refractivity contribution in [2.24, 2.45) is 0 Å². The van der Waals surface area contributed by atoms with Crippen molar-refractivity contribution >= 4 is 20.4 Å². The number of aliphatic carboxylic acids is 1. The second kappa shape index (κ2) is 8.53. The van der Waals surface area contributed by atoms with Crippen molar-refractivity contribution in [3.05, 3.63) is 0 Å². The van der Waals surface area contributed by atoms with Crippen LogP contribution in [0.1, 0.15) is 61.3 Å². The fourth-order valence-corrected chi connectivity index (χ4v) is 3.64. The van der Waals surface area contributed by atoms with Gasteiger partial charge in [-0.1, -0.05) is 20.8 Å². The molecule has 0 aliphatic heterocycles. The summed E-state index contributed by atoms with van der Waals surface area (Å²) >= 11 is 0. The number of rotatable bonds is 7. The molecule has 7 heteroatoms. The predicted octanol–water partition coefficient (Wildman–Crippen LogP) is 4.50. The summed E-state index contributed by atoms with van der Waals surface area (Å²) in [5.41, 5.74) is -0.605. The van der Waals surface area contributed by atoms with Crippen molar-refractivity contribution in [2.75, 3.05) is 7.05 Å². The average Bonchev–Trinajstić information content (AvgIpc) is 2.34. The van der Waals surface area contributed by atoms with E-state index in [1.54, 1.807) is 27.8 Å². The zero-order chi connectivity index (χ0) is 20.2. The molecule has 0 aromatic rings. The Hall–Kier alpha value is -1.08. The van der Waals surface area contributed by atoms with Crippen LogP contribution in [-0.4, -0.2) is 55.2 Å². The van der Waals surface area contributed by atoms with Gasteiger partial charge in [-0.15, -0.1) is 0 Å². The number of hydrogen-bond donors (Lipinski definition) is 1. The SMILES string of the molecule is CC(O[Si](C)(C)C(C)(C)C)C(CCC(=O)O)N(C)C(=O)OC(C)(C)C. The highest BCUT2D eigenvalue weighted by molar-refractivity contribution is 6.74. The number of carboxylic acid groups (broad SMARTS) is 1. The third kappa shape index (κ3) is 8.22. The van der Waals surface area contributed by atoms with Crippen LogP contribution < -0.4 is 0 Å². The average molecular weight is 376 g/mol. The number of carbonyl (C=O) groups is 2. The molecular formula is C18H37NO5Si. The van der Waals surface area contributed by atoms with Crippen LogP contribution in [0.5, 0.6) is 0 Å². The summed E-state index contributed by atoms with van der Waals surface area (Å²) in [7, 11) is -0.396. The lowest BCUT2D eigenvalue weighted by Gasteiger charge is -2.42. The lowest BCUT2D eigenvalue weighted by Crippen LogP contribution is -2.52. The van der Waals surface area contributed by atoms with Gasteiger partial charge in [0.05, 0.1) is 12.1 Å². The smallest absolute Gasteiger partial charge is 0.410 e. The maximum Gasteiger partial charge on any atom is 0.410 e. The molecule has 0 spiro atoms. The van der Waals surface area contributed by atoms with Crippen LogP contribution in [-0.2, 0) is 14.0 Å². The minimum absolute atomic E-state index is 0.0248. The summed E-state index contributed by atoms with van der Waals surface area (Å²) in [4.78, 5) is 24.9. The number of hydrogen-bond acceptors (Lipinski definition) is 4. The Balaban J connectivity index is 5.33. The van der Waals surface area contributed by atoms with Gasteiger partial charge in [0.15, 0.2) is 8.32 Å². The van der Waals surface area contributed by atoms with E-state index >= 15 is 0 Å². The molecule has 1 N–H and O–H groups in total. The molecule has 0 aromatic heterocycles. The molecule has 0 aliphatic rings. The molecule has 0 saturated heterocycles. The third-order valence-electron chi connectivity index (χ3n) is 4.66. The highest BCUT2D eigenvalue weighted by Crippen LogP contribution is 2.38. The monoisotopic (exact) mass is 375 g/mol. The Morgan fingerprint density at radius 3 is 1.96 bits per heavy atom. The van der Waals surface area contributed by atoms with E-state index in [-0.39, 0.29) is 23.6 Å². The van der Waals surface area contributed by atoms with Gasteiger partial charge in [-0.25, -0.2) is 4.79 Å². The van der Waals surface area contributed by atoms with Gasteiger partial charge < -0.3 is 19.2 Å². The van der Waals surface area contributed by atoms with Crippen LogP contribution in [0.15, 0.2) is 0 Å². The van der Waals surface area contributed by atoms with Crippen molar-refractivity contribution in [1.29, 1.82) is 0 Å². The molecular weight excluding hydrogens is 338 g/mol. The molecule has 2 unspecified atom stereocenters. The molecule has 25 heavy (non-hydrogen) atoms. The first-order valence-electron chi connectivity index (χ1n) is 8.83. The molecule has 0 fully saturated rings. The number of ether oxygens (including phenoxy) is 1. The zero-order valence-corrected chi connectivity index (χ0v) is 18.6. The molecule has 0 aliphatic carbocycles. The molecule has 0 heterocycles. The Morgan fingerprint density at radius 1 is 1.12 bits per heavy atom. The number of likely N-dealkylation sites (N-methyl/N-ethyl adjacent to an activating group) is 1. The second-order valence-electron chi connectivity index (χ2n) is 9.17. The molecule has 2 atom stereocenters. The van der Waals surface area contributed by atoms with Gasteiger partial charge in [0.1, 0.15) is 5.60 Å². The predicted molar refractivity (Wildman–Crippen MR) is 102 cm³/mol. The van der Waals surface area contributed by atoms with Crippen molar-refractivity contribution in [3.8, 4) is 0 Å². The Labute approximate surface area is 154 Å². The van der Waals surface area contributed by atoms with Crippen LogP contribution in [0.25, 0.3) is 0 Å². The summed E-state index contributed by atoms with van der Waals surface area (Å²) in [6, 6.07) is -0.361. The van der Waals surface area contributed by atoms with E-state index in [2.05, 4.69) is 33.9 Å². The maximum absolute atomic E-state index is 12.4. The molecule has 6 nitrogen and oxygen atoms in total. The van der Waals surface area contributed by atoms with Gasteiger partial charge >= 0.3 is 12.1 Å². The van der Waals surface area contributed by atoms with E-state index in [9.17, 15) is 9.59 Å². The molecule has 0 aromatic carbocycles. The van der Waals surface area contributed by atoms with Crippen LogP contribution in [0.4, 0.5) is 4.79 Å². The Bertz CT molecular complexity index is 465. The highest BCUT2D eigenvalue weighted by Gasteiger charge is 2.41. The van der Waals surface area contributed by atoms with Crippen molar-refractivity contribution < 1.29 is 23.9 Å². The third-order valence-corrected chi connectivity index (χ3v) is 9.23. The van der Waals surface area contributed by atoms with Crippen molar-refractivity contribution in [3.63, 3.8) is 0 Å². The van der Waals surface area contributed by atoms with Crippen LogP contribution >= 0.6 is 0 Å². The molecule has 0 saturated carbocycles. The van der Waals surface area contributed by atoms with E-state index in [4.69, 9.17) is 14.3 Å². The van der Waals surface area contributed by atoms with Gasteiger partial charge in [-0.2, -0.15) is 0 Å². The maximum atomic E-state index is 12.4. The normalized spacial score (nSPS) is 15.4. The van der Waals surface area contributed by atoms with Gasteiger partial charge in [0, 0.05) is 13.5 Å². The van der Waals surface area contributed by atoms with Crippen molar-refractivity contribution in [1.82, 2.24) is 4.90 Å². The van der Waals surface area contributed by atoms with Gasteiger partial charge in [0.25, 0.3) is 0 Å². The van der Waals surface area contributed by atoms with E-state index in [0.29, 0.717) is 6.42 Å². The molecule has 148 valence electrons. The standard InChI is InChI=1S/C18H37NO5Si/c1-13(24-25(9,10)18(5,6)7)14(11-12-15(20)21)19(8)16(22)23-17(2,3)4/h13-14H,11-12H2,1-10H3,(H,20,21). The van der Waals surface area contributed by atoms with E-state index < -0.39 is 26.0 Å². The largest absolute Gasteiger partial charge is 0.481 e. The molecule has 1 amide bonds. The first-order valence-corrected chi connectivity index (χ1v) is 11.7. The number of amides is 1. The minimum Gasteiger partial charge on any atom is -0.481 e. The summed E-state index contributed by atoms with van der Waals surface area (Å²) < 4.78 is 11.8. The molecule has 0 bridgehead atoms. The van der Waals surface area contributed by atoms with Crippen molar-refractivity contribution in [2.45, 2.75) is 97.2 Å². The summed E-state index contributed by atoms with van der Waals surface area (Å²) in [6.07, 6.45) is -0.449. The summed E-state index contributed by atoms with van der Waals surface area (Å²) in [5.74, 6) is -0.887. The topological polar surface area (TPSA) is 76.1 Å². The number of carbonyl (C=O) groups excluding carboxylic acids is 1. The van der Waals surface area contributed by atoms with Crippen LogP contribution in [0, 0.1) is 0 Å². The molecule has 0 radical (unpaired) electrons. The number of carboxylic acids is 1. The molecule has 0 rings (SSSR count). The van der Waals surface area contributed by atoms with E-state index in [0.717, 1.165) is 0 Å². The summed E-state index contributed by atoms with van der Waals surface area (Å²) in [6.45, 7) is 18.1. The first-order chi connectivity index (χ1) is 11.0.